The maximum absolute atomic E-state index is 5.04. The minimum absolute atomic E-state index is 0.218. The Labute approximate surface area is 269 Å². The van der Waals surface area contributed by atoms with Crippen LogP contribution < -0.4 is 9.80 Å². The van der Waals surface area contributed by atoms with Gasteiger partial charge in [-0.05, 0) is 62.1 Å². The Kier molecular flexibility index (Phi) is 15.6. The zero-order valence-electron chi connectivity index (χ0n) is 24.5. The smallest absolute Gasteiger partial charge is 0.0399 e. The van der Waals surface area contributed by atoms with Crippen molar-refractivity contribution >= 4 is 90.9 Å². The molecule has 2 aromatic rings. The number of hydrogen-bond acceptors (Lipinski definition) is 6. The first kappa shape index (κ1) is 34.3. The van der Waals surface area contributed by atoms with Crippen LogP contribution in [0.2, 0.25) is 8.87 Å². The molecular weight excluding hydrogens is 663 g/mol. The topological polar surface area (TPSA) is 13.0 Å². The fourth-order valence-electron chi connectivity index (χ4n) is 4.67. The van der Waals surface area contributed by atoms with Crippen LogP contribution >= 0.6 is 24.4 Å². The Hall–Kier alpha value is -0.941. The number of piperazine rings is 2. The minimum atomic E-state index is 0.218. The second kappa shape index (κ2) is 17.8. The average molecular weight is 708 g/mol. The van der Waals surface area contributed by atoms with Gasteiger partial charge in [0.15, 0.2) is 0 Å². The zero-order valence-corrected chi connectivity index (χ0v) is 30.6. The van der Waals surface area contributed by atoms with Crippen LogP contribution in [0.1, 0.15) is 36.1 Å². The molecule has 9 heteroatoms. The van der Waals surface area contributed by atoms with E-state index in [-0.39, 0.29) is 21.1 Å². The number of hydrogen-bond donors (Lipinski definition) is 0. The second-order valence-electron chi connectivity index (χ2n) is 9.88. The van der Waals surface area contributed by atoms with Crippen molar-refractivity contribution in [2.45, 2.75) is 50.4 Å². The Morgan fingerprint density at radius 2 is 0.974 bits per heavy atom. The van der Waals surface area contributed by atoms with Crippen molar-refractivity contribution in [3.8, 4) is 0 Å². The summed E-state index contributed by atoms with van der Waals surface area (Å²) in [4.78, 5) is 9.05. The number of benzene rings is 2. The third-order valence-corrected chi connectivity index (χ3v) is 11.3. The van der Waals surface area contributed by atoms with E-state index < -0.39 is 0 Å². The summed E-state index contributed by atoms with van der Waals surface area (Å²) in [6.45, 7) is 21.0. The van der Waals surface area contributed by atoms with Gasteiger partial charge in [0, 0.05) is 63.7 Å². The van der Waals surface area contributed by atoms with Crippen LogP contribution in [0.4, 0.5) is 11.4 Å². The molecule has 2 fully saturated rings. The molecular formula is C30H44N4S4Sn. The molecule has 0 N–H and O–H groups in total. The first-order chi connectivity index (χ1) is 18.6. The number of anilines is 2. The van der Waals surface area contributed by atoms with Crippen molar-refractivity contribution < 1.29 is 0 Å². The average Bonchev–Trinajstić information content (AvgIpc) is 2.93. The normalized spacial score (nSPS) is 14.9. The summed E-state index contributed by atoms with van der Waals surface area (Å²) in [6.07, 6.45) is 0. The summed E-state index contributed by atoms with van der Waals surface area (Å²) in [7, 11) is 0. The Morgan fingerprint density at radius 1 is 0.641 bits per heavy atom. The van der Waals surface area contributed by atoms with Gasteiger partial charge in [-0.3, -0.25) is 0 Å². The Balaban J connectivity index is 0.000000234. The van der Waals surface area contributed by atoms with E-state index in [1.165, 1.54) is 42.5 Å². The molecule has 2 aliphatic rings. The molecule has 0 atom stereocenters. The van der Waals surface area contributed by atoms with Crippen LogP contribution in [-0.2, 0) is 25.3 Å². The van der Waals surface area contributed by atoms with Crippen LogP contribution in [0, 0.1) is 27.7 Å². The Morgan fingerprint density at radius 3 is 1.23 bits per heavy atom. The van der Waals surface area contributed by atoms with Gasteiger partial charge in [0.25, 0.3) is 0 Å². The predicted molar refractivity (Wildman–Crippen MR) is 186 cm³/mol. The van der Waals surface area contributed by atoms with Gasteiger partial charge in [0.05, 0.1) is 0 Å². The molecule has 212 valence electrons. The molecule has 0 aromatic heterocycles. The van der Waals surface area contributed by atoms with Gasteiger partial charge in [-0.1, -0.05) is 32.9 Å². The van der Waals surface area contributed by atoms with E-state index in [4.69, 9.17) is 49.7 Å². The van der Waals surface area contributed by atoms with Gasteiger partial charge in [0.2, 0.25) is 0 Å². The molecule has 4 nitrogen and oxygen atoms in total. The van der Waals surface area contributed by atoms with Crippen molar-refractivity contribution in [2.24, 2.45) is 0 Å². The largest absolute Gasteiger partial charge is 0.411 e. The molecule has 4 rings (SSSR count). The third kappa shape index (κ3) is 10.8. The predicted octanol–water partition coefficient (Wildman–Crippen LogP) is 6.08. The van der Waals surface area contributed by atoms with Crippen molar-refractivity contribution in [3.63, 3.8) is 0 Å². The molecule has 0 amide bonds. The van der Waals surface area contributed by atoms with Gasteiger partial charge in [0.1, 0.15) is 0 Å². The Bertz CT molecular complexity index is 981. The summed E-state index contributed by atoms with van der Waals surface area (Å²) in [5.74, 6) is 0. The molecule has 2 saturated heterocycles. The summed E-state index contributed by atoms with van der Waals surface area (Å²) in [5.41, 5.74) is 8.15. The SMILES string of the molecule is C[CH2][Sn+2][CH2]C.Cc1cccc(N2CCN(C(=S)[S-])CC2)c1C.Cc1cccc(N2CCN(C(=S)[S-])CC2)c1C. The molecule has 0 saturated carbocycles. The minimum Gasteiger partial charge on any atom is -0.411 e. The molecule has 0 bridgehead atoms. The van der Waals surface area contributed by atoms with Crippen LogP contribution in [0.25, 0.3) is 0 Å². The van der Waals surface area contributed by atoms with Crippen molar-refractivity contribution in [2.75, 3.05) is 62.2 Å². The molecule has 2 heterocycles. The number of rotatable bonds is 4. The monoisotopic (exact) mass is 708 g/mol. The van der Waals surface area contributed by atoms with E-state index in [2.05, 4.69) is 97.5 Å². The van der Waals surface area contributed by atoms with E-state index in [1.807, 2.05) is 0 Å². The van der Waals surface area contributed by atoms with Crippen molar-refractivity contribution in [1.82, 2.24) is 9.80 Å². The van der Waals surface area contributed by atoms with Crippen LogP contribution in [0.15, 0.2) is 36.4 Å². The quantitative estimate of drug-likeness (QED) is 0.213. The molecule has 2 aromatic carbocycles. The number of nitrogens with zero attached hydrogens (tertiary/aromatic N) is 4. The third-order valence-electron chi connectivity index (χ3n) is 7.41. The van der Waals surface area contributed by atoms with E-state index >= 15 is 0 Å². The molecule has 0 radical (unpaired) electrons. The van der Waals surface area contributed by atoms with E-state index in [9.17, 15) is 0 Å². The molecule has 0 unspecified atom stereocenters. The summed E-state index contributed by atoms with van der Waals surface area (Å²) in [6, 6.07) is 13.0. The molecule has 0 spiro atoms. The molecule has 2 aliphatic heterocycles. The first-order valence-corrected chi connectivity index (χ1v) is 19.5. The van der Waals surface area contributed by atoms with Gasteiger partial charge >= 0.3 is 43.9 Å². The summed E-state index contributed by atoms with van der Waals surface area (Å²) < 4.78 is 4.23. The van der Waals surface area contributed by atoms with Gasteiger partial charge in [-0.25, -0.2) is 0 Å². The maximum atomic E-state index is 5.04. The summed E-state index contributed by atoms with van der Waals surface area (Å²) in [5, 5.41) is 0. The van der Waals surface area contributed by atoms with E-state index in [0.29, 0.717) is 8.64 Å². The number of aryl methyl sites for hydroxylation is 2. The maximum Gasteiger partial charge on any atom is 0.0399 e. The molecule has 39 heavy (non-hydrogen) atoms. The standard InChI is InChI=1S/2C13H18N2S2.2C2H5.Sn/c2*1-10-4-3-5-12(11(10)2)14-6-8-15(9-7-14)13(16)17;2*1-2;/h2*3-5H,6-9H2,1-2H3,(H,16,17);2*1H2,2H3;/q;;;;+2/p-2. The molecule has 0 aliphatic carbocycles. The fraction of sp³-hybridized carbons (Fsp3) is 0.533. The second-order valence-corrected chi connectivity index (χ2v) is 17.4. The number of thiocarbonyl (C=S) groups is 2. The van der Waals surface area contributed by atoms with Crippen molar-refractivity contribution in [3.05, 3.63) is 58.7 Å². The fourth-order valence-corrected chi connectivity index (χ4v) is 6.82. The first-order valence-electron chi connectivity index (χ1n) is 13.9. The van der Waals surface area contributed by atoms with Crippen LogP contribution in [0.5, 0.6) is 0 Å². The summed E-state index contributed by atoms with van der Waals surface area (Å²) >= 11 is 20.4. The van der Waals surface area contributed by atoms with Gasteiger partial charge < -0.3 is 69.3 Å². The van der Waals surface area contributed by atoms with Crippen LogP contribution in [0.3, 0.4) is 0 Å². The van der Waals surface area contributed by atoms with Gasteiger partial charge in [-0.15, -0.1) is 0 Å². The zero-order chi connectivity index (χ0) is 28.9. The van der Waals surface area contributed by atoms with E-state index in [1.54, 1.807) is 0 Å². The van der Waals surface area contributed by atoms with Crippen molar-refractivity contribution in [1.29, 1.82) is 0 Å². The van der Waals surface area contributed by atoms with E-state index in [0.717, 1.165) is 52.4 Å². The van der Waals surface area contributed by atoms with Crippen LogP contribution in [-0.4, -0.2) is 91.9 Å². The van der Waals surface area contributed by atoms with Gasteiger partial charge in [-0.2, -0.15) is 0 Å².